The van der Waals surface area contributed by atoms with Gasteiger partial charge >= 0.3 is 0 Å². The summed E-state index contributed by atoms with van der Waals surface area (Å²) < 4.78 is 1.52. The van der Waals surface area contributed by atoms with E-state index in [1.165, 1.54) is 21.1 Å². The van der Waals surface area contributed by atoms with Crippen molar-refractivity contribution < 1.29 is 0 Å². The van der Waals surface area contributed by atoms with Crippen LogP contribution in [0.1, 0.15) is 55.5 Å². The Labute approximate surface area is 145 Å². The third-order valence-corrected chi connectivity index (χ3v) is 6.34. The monoisotopic (exact) mass is 361 g/mol. The van der Waals surface area contributed by atoms with Crippen molar-refractivity contribution in [3.05, 3.63) is 42.2 Å². The zero-order valence-electron chi connectivity index (χ0n) is 12.8. The fraction of sp³-hybridized carbons (Fsp3) is 0.500. The predicted molar refractivity (Wildman–Crippen MR) is 97.5 cm³/mol. The van der Waals surface area contributed by atoms with E-state index in [1.807, 2.05) is 17.4 Å². The van der Waals surface area contributed by atoms with Gasteiger partial charge in [-0.1, -0.05) is 50.9 Å². The molecule has 1 unspecified atom stereocenters. The fourth-order valence-electron chi connectivity index (χ4n) is 2.11. The summed E-state index contributed by atoms with van der Waals surface area (Å²) in [5, 5.41) is 3.59. The van der Waals surface area contributed by atoms with Crippen LogP contribution < -0.4 is 5.32 Å². The second-order valence-corrected chi connectivity index (χ2v) is 9.52. The summed E-state index contributed by atoms with van der Waals surface area (Å²) in [6.07, 6.45) is 1.09. The molecule has 1 N–H and O–H groups in total. The Kier molecular flexibility index (Phi) is 5.77. The molecule has 0 aliphatic carbocycles. The molecule has 0 aliphatic rings. The van der Waals surface area contributed by atoms with Crippen LogP contribution in [0.2, 0.25) is 8.67 Å². The van der Waals surface area contributed by atoms with Crippen molar-refractivity contribution in [1.29, 1.82) is 0 Å². The summed E-state index contributed by atoms with van der Waals surface area (Å²) in [4.78, 5) is 2.68. The van der Waals surface area contributed by atoms with Crippen molar-refractivity contribution in [1.82, 2.24) is 5.32 Å². The standard InChI is InChI=1S/C16H21Cl2NS2/c1-5-8-19-14(10-9-13(17)21-15(10)18)11-6-7-12(20-11)16(2,3)4/h6-7,9,14,19H,5,8H2,1-4H3. The smallest absolute Gasteiger partial charge is 0.0995 e. The molecule has 2 aromatic rings. The normalized spacial score (nSPS) is 13.6. The van der Waals surface area contributed by atoms with Gasteiger partial charge in [0.15, 0.2) is 0 Å². The van der Waals surface area contributed by atoms with Crippen LogP contribution in [0, 0.1) is 0 Å². The molecule has 0 saturated heterocycles. The Bertz CT molecular complexity index is 596. The molecule has 0 aliphatic heterocycles. The minimum Gasteiger partial charge on any atom is -0.306 e. The third kappa shape index (κ3) is 4.23. The Morgan fingerprint density at radius 1 is 1.19 bits per heavy atom. The molecule has 0 amide bonds. The Hall–Kier alpha value is -0.0600. The minimum atomic E-state index is 0.127. The third-order valence-electron chi connectivity index (χ3n) is 3.24. The highest BCUT2D eigenvalue weighted by Crippen LogP contribution is 2.40. The molecule has 1 atom stereocenters. The molecule has 2 heterocycles. The highest BCUT2D eigenvalue weighted by Gasteiger charge is 2.23. The van der Waals surface area contributed by atoms with Crippen LogP contribution in [0.4, 0.5) is 0 Å². The highest BCUT2D eigenvalue weighted by molar-refractivity contribution is 7.20. The Morgan fingerprint density at radius 3 is 2.38 bits per heavy atom. The van der Waals surface area contributed by atoms with E-state index in [0.29, 0.717) is 0 Å². The molecule has 1 nitrogen and oxygen atoms in total. The quantitative estimate of drug-likeness (QED) is 0.640. The van der Waals surface area contributed by atoms with E-state index in [2.05, 4.69) is 45.1 Å². The molecule has 116 valence electrons. The molecule has 0 bridgehead atoms. The van der Waals surface area contributed by atoms with Crippen molar-refractivity contribution >= 4 is 45.9 Å². The number of nitrogens with one attached hydrogen (secondary N) is 1. The molecule has 0 radical (unpaired) electrons. The minimum absolute atomic E-state index is 0.127. The SMILES string of the molecule is CCCNC(c1ccc(C(C)(C)C)s1)c1cc(Cl)sc1Cl. The van der Waals surface area contributed by atoms with Gasteiger partial charge in [0.1, 0.15) is 0 Å². The number of hydrogen-bond donors (Lipinski definition) is 1. The molecule has 0 saturated carbocycles. The van der Waals surface area contributed by atoms with Crippen LogP contribution in [0.5, 0.6) is 0 Å². The van der Waals surface area contributed by atoms with Crippen molar-refractivity contribution in [3.8, 4) is 0 Å². The van der Waals surface area contributed by atoms with E-state index in [-0.39, 0.29) is 11.5 Å². The van der Waals surface area contributed by atoms with Gasteiger partial charge in [-0.05, 0) is 36.6 Å². The molecular formula is C16H21Cl2NS2. The summed E-state index contributed by atoms with van der Waals surface area (Å²) >= 11 is 15.8. The van der Waals surface area contributed by atoms with Gasteiger partial charge in [0.2, 0.25) is 0 Å². The summed E-state index contributed by atoms with van der Waals surface area (Å²) in [6, 6.07) is 6.55. The first-order chi connectivity index (χ1) is 9.82. The summed E-state index contributed by atoms with van der Waals surface area (Å²) in [5.74, 6) is 0. The van der Waals surface area contributed by atoms with E-state index in [4.69, 9.17) is 23.2 Å². The maximum Gasteiger partial charge on any atom is 0.0995 e. The lowest BCUT2D eigenvalue weighted by atomic mass is 9.95. The van der Waals surface area contributed by atoms with Gasteiger partial charge in [0, 0.05) is 15.3 Å². The second-order valence-electron chi connectivity index (χ2n) is 6.12. The van der Waals surface area contributed by atoms with Gasteiger partial charge in [0.05, 0.1) is 14.7 Å². The summed E-state index contributed by atoms with van der Waals surface area (Å²) in [7, 11) is 0. The fourth-order valence-corrected chi connectivity index (χ4v) is 4.81. The van der Waals surface area contributed by atoms with Crippen LogP contribution in [-0.2, 0) is 5.41 Å². The average Bonchev–Trinajstić information content (AvgIpc) is 2.97. The van der Waals surface area contributed by atoms with Crippen LogP contribution in [0.3, 0.4) is 0 Å². The molecular weight excluding hydrogens is 341 g/mol. The van der Waals surface area contributed by atoms with Gasteiger partial charge in [-0.25, -0.2) is 0 Å². The zero-order chi connectivity index (χ0) is 15.6. The average molecular weight is 362 g/mol. The molecule has 0 fully saturated rings. The first kappa shape index (κ1) is 17.3. The van der Waals surface area contributed by atoms with Crippen molar-refractivity contribution in [3.63, 3.8) is 0 Å². The van der Waals surface area contributed by atoms with E-state index >= 15 is 0 Å². The van der Waals surface area contributed by atoms with E-state index in [0.717, 1.165) is 27.2 Å². The first-order valence-corrected chi connectivity index (χ1v) is 9.50. The van der Waals surface area contributed by atoms with Gasteiger partial charge < -0.3 is 5.32 Å². The highest BCUT2D eigenvalue weighted by atomic mass is 35.5. The zero-order valence-corrected chi connectivity index (χ0v) is 15.9. The lowest BCUT2D eigenvalue weighted by Gasteiger charge is -2.18. The number of hydrogen-bond acceptors (Lipinski definition) is 3. The molecule has 0 aromatic carbocycles. The summed E-state index contributed by atoms with van der Waals surface area (Å²) in [6.45, 7) is 9.85. The molecule has 2 aromatic heterocycles. The van der Waals surface area contributed by atoms with Crippen molar-refractivity contribution in [2.24, 2.45) is 0 Å². The van der Waals surface area contributed by atoms with E-state index < -0.39 is 0 Å². The maximum absolute atomic E-state index is 6.36. The maximum atomic E-state index is 6.36. The molecule has 21 heavy (non-hydrogen) atoms. The molecule has 2 rings (SSSR count). The van der Waals surface area contributed by atoms with Gasteiger partial charge in [-0.3, -0.25) is 0 Å². The second kappa shape index (κ2) is 7.01. The van der Waals surface area contributed by atoms with Crippen molar-refractivity contribution in [2.75, 3.05) is 6.54 Å². The lowest BCUT2D eigenvalue weighted by Crippen LogP contribution is -2.22. The van der Waals surface area contributed by atoms with Gasteiger partial charge in [-0.15, -0.1) is 22.7 Å². The lowest BCUT2D eigenvalue weighted by molar-refractivity contribution is 0.603. The molecule has 0 spiro atoms. The largest absolute Gasteiger partial charge is 0.306 e. The van der Waals surface area contributed by atoms with Gasteiger partial charge in [0.25, 0.3) is 0 Å². The van der Waals surface area contributed by atoms with Crippen LogP contribution in [-0.4, -0.2) is 6.54 Å². The Balaban J connectivity index is 2.36. The first-order valence-electron chi connectivity index (χ1n) is 7.11. The topological polar surface area (TPSA) is 12.0 Å². The number of rotatable bonds is 5. The van der Waals surface area contributed by atoms with Crippen molar-refractivity contribution in [2.45, 2.75) is 45.6 Å². The van der Waals surface area contributed by atoms with E-state index in [1.54, 1.807) is 0 Å². The number of thiophene rings is 2. The summed E-state index contributed by atoms with van der Waals surface area (Å²) in [5.41, 5.74) is 1.26. The Morgan fingerprint density at radius 2 is 1.90 bits per heavy atom. The predicted octanol–water partition coefficient (Wildman–Crippen LogP) is 6.50. The van der Waals surface area contributed by atoms with E-state index in [9.17, 15) is 0 Å². The van der Waals surface area contributed by atoms with Crippen LogP contribution in [0.25, 0.3) is 0 Å². The van der Waals surface area contributed by atoms with Gasteiger partial charge in [-0.2, -0.15) is 0 Å². The number of halogens is 2. The van der Waals surface area contributed by atoms with Crippen LogP contribution >= 0.6 is 45.9 Å². The van der Waals surface area contributed by atoms with Crippen LogP contribution in [0.15, 0.2) is 18.2 Å². The molecule has 5 heteroatoms.